The first kappa shape index (κ1) is 16.1. The van der Waals surface area contributed by atoms with Crippen LogP contribution in [0.3, 0.4) is 0 Å². The average Bonchev–Trinajstić information content (AvgIpc) is 3.02. The number of carbonyl (C=O) groups is 1. The predicted molar refractivity (Wildman–Crippen MR) is 93.9 cm³/mol. The molecule has 0 bridgehead atoms. The van der Waals surface area contributed by atoms with Gasteiger partial charge in [0.15, 0.2) is 6.10 Å². The lowest BCUT2D eigenvalue weighted by molar-refractivity contribution is -0.127. The number of rotatable bonds is 7. The van der Waals surface area contributed by atoms with Crippen LogP contribution >= 0.6 is 0 Å². The van der Waals surface area contributed by atoms with Crippen molar-refractivity contribution in [2.75, 3.05) is 6.54 Å². The SMILES string of the molecule is CC(Oc1ccccc1)C(=O)NCCCn1cnc2ccccc21. The monoisotopic (exact) mass is 323 g/mol. The number of aromatic nitrogens is 2. The fourth-order valence-corrected chi connectivity index (χ4v) is 2.55. The maximum Gasteiger partial charge on any atom is 0.260 e. The second-order valence-corrected chi connectivity index (χ2v) is 5.64. The number of amides is 1. The van der Waals surface area contributed by atoms with Gasteiger partial charge in [-0.15, -0.1) is 0 Å². The summed E-state index contributed by atoms with van der Waals surface area (Å²) >= 11 is 0. The number of nitrogens with zero attached hydrogens (tertiary/aromatic N) is 2. The lowest BCUT2D eigenvalue weighted by Gasteiger charge is -2.14. The summed E-state index contributed by atoms with van der Waals surface area (Å²) in [7, 11) is 0. The molecule has 2 aromatic carbocycles. The minimum absolute atomic E-state index is 0.102. The summed E-state index contributed by atoms with van der Waals surface area (Å²) in [6.07, 6.45) is 2.17. The van der Waals surface area contributed by atoms with E-state index in [2.05, 4.69) is 20.9 Å². The smallest absolute Gasteiger partial charge is 0.260 e. The van der Waals surface area contributed by atoms with Crippen molar-refractivity contribution >= 4 is 16.9 Å². The van der Waals surface area contributed by atoms with Crippen LogP contribution in [0, 0.1) is 0 Å². The van der Waals surface area contributed by atoms with Gasteiger partial charge in [0.25, 0.3) is 5.91 Å². The van der Waals surface area contributed by atoms with Crippen molar-refractivity contribution in [2.24, 2.45) is 0 Å². The second kappa shape index (κ2) is 7.64. The molecule has 0 fully saturated rings. The Kier molecular flexibility index (Phi) is 5.11. The molecule has 0 aliphatic rings. The van der Waals surface area contributed by atoms with Crippen molar-refractivity contribution in [3.8, 4) is 5.75 Å². The minimum Gasteiger partial charge on any atom is -0.481 e. The van der Waals surface area contributed by atoms with E-state index in [0.717, 1.165) is 24.0 Å². The van der Waals surface area contributed by atoms with Crippen LogP contribution < -0.4 is 10.1 Å². The Morgan fingerprint density at radius 3 is 2.75 bits per heavy atom. The highest BCUT2D eigenvalue weighted by Gasteiger charge is 2.13. The molecule has 1 unspecified atom stereocenters. The zero-order valence-corrected chi connectivity index (χ0v) is 13.7. The molecule has 24 heavy (non-hydrogen) atoms. The molecule has 124 valence electrons. The highest BCUT2D eigenvalue weighted by molar-refractivity contribution is 5.80. The van der Waals surface area contributed by atoms with Crippen LogP contribution in [-0.4, -0.2) is 28.1 Å². The molecule has 1 N–H and O–H groups in total. The number of nitrogens with one attached hydrogen (secondary N) is 1. The van der Waals surface area contributed by atoms with Gasteiger partial charge in [0.05, 0.1) is 17.4 Å². The predicted octanol–water partition coefficient (Wildman–Crippen LogP) is 3.01. The minimum atomic E-state index is -0.513. The van der Waals surface area contributed by atoms with E-state index in [-0.39, 0.29) is 5.91 Å². The number of benzene rings is 2. The summed E-state index contributed by atoms with van der Waals surface area (Å²) in [6, 6.07) is 17.4. The first-order valence-corrected chi connectivity index (χ1v) is 8.13. The van der Waals surface area contributed by atoms with Gasteiger partial charge in [0, 0.05) is 13.1 Å². The standard InChI is InChI=1S/C19H21N3O2/c1-15(24-16-8-3-2-4-9-16)19(23)20-12-7-13-22-14-21-17-10-5-6-11-18(17)22/h2-6,8-11,14-15H,7,12-13H2,1H3,(H,20,23). The molecule has 1 atom stereocenters. The first-order valence-electron chi connectivity index (χ1n) is 8.13. The normalized spacial score (nSPS) is 12.0. The van der Waals surface area contributed by atoms with E-state index in [0.29, 0.717) is 12.3 Å². The Morgan fingerprint density at radius 2 is 1.92 bits per heavy atom. The number of hydrogen-bond donors (Lipinski definition) is 1. The van der Waals surface area contributed by atoms with Gasteiger partial charge in [0.1, 0.15) is 5.75 Å². The number of hydrogen-bond acceptors (Lipinski definition) is 3. The van der Waals surface area contributed by atoms with Gasteiger partial charge >= 0.3 is 0 Å². The van der Waals surface area contributed by atoms with Crippen LogP contribution in [0.4, 0.5) is 0 Å². The molecular formula is C19H21N3O2. The molecule has 5 heteroatoms. The Balaban J connectivity index is 1.43. The topological polar surface area (TPSA) is 56.1 Å². The Hall–Kier alpha value is -2.82. The molecule has 1 amide bonds. The molecule has 3 rings (SSSR count). The van der Waals surface area contributed by atoms with Crippen LogP contribution in [0.1, 0.15) is 13.3 Å². The fraction of sp³-hybridized carbons (Fsp3) is 0.263. The van der Waals surface area contributed by atoms with Gasteiger partial charge in [-0.3, -0.25) is 4.79 Å². The number of ether oxygens (including phenoxy) is 1. The third kappa shape index (κ3) is 3.93. The van der Waals surface area contributed by atoms with Gasteiger partial charge < -0.3 is 14.6 Å². The molecule has 0 spiro atoms. The van der Waals surface area contributed by atoms with Crippen molar-refractivity contribution in [2.45, 2.75) is 26.0 Å². The summed E-state index contributed by atoms with van der Waals surface area (Å²) in [5, 5.41) is 2.92. The van der Waals surface area contributed by atoms with Crippen molar-refractivity contribution in [3.05, 3.63) is 60.9 Å². The number of imidazole rings is 1. The Morgan fingerprint density at radius 1 is 1.17 bits per heavy atom. The Labute approximate surface area is 141 Å². The van der Waals surface area contributed by atoms with Gasteiger partial charge in [0.2, 0.25) is 0 Å². The van der Waals surface area contributed by atoms with E-state index in [1.807, 2.05) is 54.9 Å². The number of para-hydroxylation sites is 3. The molecule has 0 aliphatic carbocycles. The van der Waals surface area contributed by atoms with Crippen LogP contribution in [0.5, 0.6) is 5.75 Å². The van der Waals surface area contributed by atoms with Crippen molar-refractivity contribution in [3.63, 3.8) is 0 Å². The van der Waals surface area contributed by atoms with E-state index in [4.69, 9.17) is 4.74 Å². The molecule has 0 radical (unpaired) electrons. The van der Waals surface area contributed by atoms with Gasteiger partial charge in [-0.05, 0) is 37.6 Å². The lowest BCUT2D eigenvalue weighted by atomic mass is 10.3. The Bertz CT molecular complexity index is 798. The summed E-state index contributed by atoms with van der Waals surface area (Å²) in [6.45, 7) is 3.17. The summed E-state index contributed by atoms with van der Waals surface area (Å²) < 4.78 is 7.71. The molecular weight excluding hydrogens is 302 g/mol. The molecule has 0 saturated carbocycles. The largest absolute Gasteiger partial charge is 0.481 e. The third-order valence-corrected chi connectivity index (χ3v) is 3.83. The quantitative estimate of drug-likeness (QED) is 0.680. The molecule has 1 heterocycles. The summed E-state index contributed by atoms with van der Waals surface area (Å²) in [4.78, 5) is 16.4. The average molecular weight is 323 g/mol. The third-order valence-electron chi connectivity index (χ3n) is 3.83. The van der Waals surface area contributed by atoms with E-state index < -0.39 is 6.10 Å². The number of carbonyl (C=O) groups excluding carboxylic acids is 1. The van der Waals surface area contributed by atoms with E-state index in [1.54, 1.807) is 6.92 Å². The number of fused-ring (bicyclic) bond motifs is 1. The van der Waals surface area contributed by atoms with Crippen molar-refractivity contribution in [1.29, 1.82) is 0 Å². The van der Waals surface area contributed by atoms with Crippen molar-refractivity contribution < 1.29 is 9.53 Å². The highest BCUT2D eigenvalue weighted by atomic mass is 16.5. The summed E-state index contributed by atoms with van der Waals surface area (Å²) in [5.41, 5.74) is 2.11. The van der Waals surface area contributed by atoms with Gasteiger partial charge in [-0.1, -0.05) is 30.3 Å². The van der Waals surface area contributed by atoms with Crippen LogP contribution in [0.2, 0.25) is 0 Å². The zero-order valence-electron chi connectivity index (χ0n) is 13.7. The molecule has 0 aliphatic heterocycles. The number of aryl methyl sites for hydroxylation is 1. The maximum absolute atomic E-state index is 12.1. The first-order chi connectivity index (χ1) is 11.7. The van der Waals surface area contributed by atoms with Crippen molar-refractivity contribution in [1.82, 2.24) is 14.9 Å². The lowest BCUT2D eigenvalue weighted by Crippen LogP contribution is -2.37. The molecule has 1 aromatic heterocycles. The molecule has 3 aromatic rings. The summed E-state index contributed by atoms with van der Waals surface area (Å²) in [5.74, 6) is 0.597. The van der Waals surface area contributed by atoms with Gasteiger partial charge in [-0.2, -0.15) is 0 Å². The molecule has 5 nitrogen and oxygen atoms in total. The molecule has 0 saturated heterocycles. The van der Waals surface area contributed by atoms with E-state index in [1.165, 1.54) is 0 Å². The zero-order chi connectivity index (χ0) is 16.8. The van der Waals surface area contributed by atoms with Gasteiger partial charge in [-0.25, -0.2) is 4.98 Å². The maximum atomic E-state index is 12.1. The second-order valence-electron chi connectivity index (χ2n) is 5.64. The van der Waals surface area contributed by atoms with Crippen LogP contribution in [0.15, 0.2) is 60.9 Å². The van der Waals surface area contributed by atoms with E-state index in [9.17, 15) is 4.79 Å². The van der Waals surface area contributed by atoms with Crippen LogP contribution in [0.25, 0.3) is 11.0 Å². The van der Waals surface area contributed by atoms with E-state index >= 15 is 0 Å². The van der Waals surface area contributed by atoms with Crippen LogP contribution in [-0.2, 0) is 11.3 Å². The fourth-order valence-electron chi connectivity index (χ4n) is 2.55. The highest BCUT2D eigenvalue weighted by Crippen LogP contribution is 2.12.